The molecule has 0 radical (unpaired) electrons. The molecular weight excluding hydrogens is 148 g/mol. The van der Waals surface area contributed by atoms with Gasteiger partial charge in [-0.25, -0.2) is 0 Å². The van der Waals surface area contributed by atoms with E-state index in [-0.39, 0.29) is 5.91 Å². The Labute approximate surface area is 65.9 Å². The molecular formula is C6H14N2OS. The third-order valence-corrected chi connectivity index (χ3v) is 1.69. The zero-order valence-corrected chi connectivity index (χ0v) is 7.28. The van der Waals surface area contributed by atoms with Crippen molar-refractivity contribution in [2.45, 2.75) is 0 Å². The van der Waals surface area contributed by atoms with E-state index in [2.05, 4.69) is 0 Å². The number of hydrogen-bond acceptors (Lipinski definition) is 3. The maximum Gasteiger partial charge on any atom is 0.232 e. The van der Waals surface area contributed by atoms with Gasteiger partial charge in [0.15, 0.2) is 0 Å². The number of nitrogens with two attached hydrogens (primary N) is 1. The molecule has 0 aromatic rings. The molecule has 0 spiro atoms. The number of rotatable bonds is 4. The SMILES string of the molecule is CSCC(=O)N(C)CCN. The van der Waals surface area contributed by atoms with Crippen LogP contribution in [0.4, 0.5) is 0 Å². The first-order chi connectivity index (χ1) is 4.72. The fourth-order valence-electron chi connectivity index (χ4n) is 0.552. The standard InChI is InChI=1S/C6H14N2OS/c1-8(4-3-7)6(9)5-10-2/h3-5,7H2,1-2H3. The highest BCUT2D eigenvalue weighted by atomic mass is 32.2. The van der Waals surface area contributed by atoms with Gasteiger partial charge in [-0.2, -0.15) is 11.8 Å². The van der Waals surface area contributed by atoms with Crippen LogP contribution < -0.4 is 5.73 Å². The molecule has 0 unspecified atom stereocenters. The zero-order valence-electron chi connectivity index (χ0n) is 6.46. The molecule has 0 aliphatic heterocycles. The lowest BCUT2D eigenvalue weighted by Gasteiger charge is -2.14. The van der Waals surface area contributed by atoms with Gasteiger partial charge in [-0.15, -0.1) is 0 Å². The van der Waals surface area contributed by atoms with Gasteiger partial charge in [0.25, 0.3) is 0 Å². The Hall–Kier alpha value is -0.220. The van der Waals surface area contributed by atoms with Crippen molar-refractivity contribution in [3.8, 4) is 0 Å². The highest BCUT2D eigenvalue weighted by Gasteiger charge is 2.04. The second-order valence-electron chi connectivity index (χ2n) is 2.04. The number of amides is 1. The molecule has 0 aromatic heterocycles. The van der Waals surface area contributed by atoms with Crippen molar-refractivity contribution in [2.24, 2.45) is 5.73 Å². The fraction of sp³-hybridized carbons (Fsp3) is 0.833. The van der Waals surface area contributed by atoms with Crippen LogP contribution in [0, 0.1) is 0 Å². The molecule has 1 amide bonds. The predicted molar refractivity (Wildman–Crippen MR) is 45.1 cm³/mol. The van der Waals surface area contributed by atoms with Crippen molar-refractivity contribution in [2.75, 3.05) is 32.1 Å². The van der Waals surface area contributed by atoms with E-state index in [1.54, 1.807) is 11.9 Å². The lowest BCUT2D eigenvalue weighted by atomic mass is 10.5. The van der Waals surface area contributed by atoms with Crippen LogP contribution in [0.15, 0.2) is 0 Å². The number of carbonyl (C=O) groups excluding carboxylic acids is 1. The molecule has 4 heteroatoms. The quantitative estimate of drug-likeness (QED) is 0.621. The van der Waals surface area contributed by atoms with Crippen molar-refractivity contribution in [3.05, 3.63) is 0 Å². The Balaban J connectivity index is 3.49. The highest BCUT2D eigenvalue weighted by Crippen LogP contribution is 1.94. The Morgan fingerprint density at radius 1 is 1.70 bits per heavy atom. The van der Waals surface area contributed by atoms with E-state index in [9.17, 15) is 4.79 Å². The summed E-state index contributed by atoms with van der Waals surface area (Å²) in [6.07, 6.45) is 1.91. The van der Waals surface area contributed by atoms with Gasteiger partial charge in [0.1, 0.15) is 0 Å². The molecule has 0 atom stereocenters. The summed E-state index contributed by atoms with van der Waals surface area (Å²) in [5.74, 6) is 0.703. The molecule has 0 saturated carbocycles. The smallest absolute Gasteiger partial charge is 0.232 e. The zero-order chi connectivity index (χ0) is 7.98. The lowest BCUT2D eigenvalue weighted by Crippen LogP contribution is -2.32. The molecule has 0 aromatic carbocycles. The summed E-state index contributed by atoms with van der Waals surface area (Å²) in [6.45, 7) is 1.19. The molecule has 0 aliphatic carbocycles. The third-order valence-electron chi connectivity index (χ3n) is 1.16. The van der Waals surface area contributed by atoms with Crippen molar-refractivity contribution < 1.29 is 4.79 Å². The van der Waals surface area contributed by atoms with E-state index in [0.717, 1.165) is 0 Å². The Morgan fingerprint density at radius 3 is 2.70 bits per heavy atom. The Morgan fingerprint density at radius 2 is 2.30 bits per heavy atom. The first-order valence-electron chi connectivity index (χ1n) is 3.15. The van der Waals surface area contributed by atoms with Crippen molar-refractivity contribution in [1.82, 2.24) is 4.90 Å². The number of nitrogens with zero attached hydrogens (tertiary/aromatic N) is 1. The van der Waals surface area contributed by atoms with Gasteiger partial charge in [-0.3, -0.25) is 4.79 Å². The van der Waals surface area contributed by atoms with E-state index in [1.165, 1.54) is 11.8 Å². The average molecular weight is 162 g/mol. The minimum atomic E-state index is 0.151. The molecule has 2 N–H and O–H groups in total. The lowest BCUT2D eigenvalue weighted by molar-refractivity contribution is -0.126. The number of thioether (sulfide) groups is 1. The van der Waals surface area contributed by atoms with Crippen LogP contribution >= 0.6 is 11.8 Å². The molecule has 10 heavy (non-hydrogen) atoms. The minimum Gasteiger partial charge on any atom is -0.344 e. The second-order valence-corrected chi connectivity index (χ2v) is 2.90. The molecule has 60 valence electrons. The minimum absolute atomic E-state index is 0.151. The molecule has 0 heterocycles. The maximum atomic E-state index is 11.0. The second kappa shape index (κ2) is 5.56. The van der Waals surface area contributed by atoms with Crippen LogP contribution in [0.2, 0.25) is 0 Å². The van der Waals surface area contributed by atoms with Crippen LogP contribution in [0.5, 0.6) is 0 Å². The largest absolute Gasteiger partial charge is 0.344 e. The van der Waals surface area contributed by atoms with Crippen molar-refractivity contribution in [3.63, 3.8) is 0 Å². The summed E-state index contributed by atoms with van der Waals surface area (Å²) in [5.41, 5.74) is 5.26. The first kappa shape index (κ1) is 9.78. The third kappa shape index (κ3) is 3.74. The van der Waals surface area contributed by atoms with Crippen molar-refractivity contribution in [1.29, 1.82) is 0 Å². The van der Waals surface area contributed by atoms with Crippen LogP contribution in [0.1, 0.15) is 0 Å². The molecule has 0 aliphatic rings. The van der Waals surface area contributed by atoms with Gasteiger partial charge in [0, 0.05) is 20.1 Å². The summed E-state index contributed by atoms with van der Waals surface area (Å²) in [4.78, 5) is 12.6. The average Bonchev–Trinajstić information content (AvgIpc) is 1.89. The normalized spacial score (nSPS) is 9.50. The van der Waals surface area contributed by atoms with E-state index >= 15 is 0 Å². The van der Waals surface area contributed by atoms with Crippen LogP contribution in [-0.4, -0.2) is 43.0 Å². The predicted octanol–water partition coefficient (Wildman–Crippen LogP) is -0.233. The maximum absolute atomic E-state index is 11.0. The van der Waals surface area contributed by atoms with Crippen LogP contribution in [0.25, 0.3) is 0 Å². The molecule has 0 saturated heterocycles. The number of likely N-dealkylation sites (N-methyl/N-ethyl adjacent to an activating group) is 1. The van der Waals surface area contributed by atoms with E-state index in [1.807, 2.05) is 6.26 Å². The molecule has 0 rings (SSSR count). The summed E-state index contributed by atoms with van der Waals surface area (Å²) in [6, 6.07) is 0. The number of carbonyl (C=O) groups is 1. The van der Waals surface area contributed by atoms with Crippen molar-refractivity contribution >= 4 is 17.7 Å². The van der Waals surface area contributed by atoms with E-state index in [0.29, 0.717) is 18.8 Å². The van der Waals surface area contributed by atoms with Gasteiger partial charge in [0.05, 0.1) is 5.75 Å². The summed E-state index contributed by atoms with van der Waals surface area (Å²) < 4.78 is 0. The summed E-state index contributed by atoms with van der Waals surface area (Å²) in [7, 11) is 1.77. The number of hydrogen-bond donors (Lipinski definition) is 1. The topological polar surface area (TPSA) is 46.3 Å². The van der Waals surface area contributed by atoms with Crippen LogP contribution in [0.3, 0.4) is 0 Å². The summed E-state index contributed by atoms with van der Waals surface area (Å²) >= 11 is 1.53. The van der Waals surface area contributed by atoms with E-state index < -0.39 is 0 Å². The molecule has 0 bridgehead atoms. The fourth-order valence-corrected chi connectivity index (χ4v) is 1.02. The van der Waals surface area contributed by atoms with E-state index in [4.69, 9.17) is 5.73 Å². The van der Waals surface area contributed by atoms with Gasteiger partial charge in [0.2, 0.25) is 5.91 Å². The van der Waals surface area contributed by atoms with Gasteiger partial charge < -0.3 is 10.6 Å². The first-order valence-corrected chi connectivity index (χ1v) is 4.54. The monoisotopic (exact) mass is 162 g/mol. The summed E-state index contributed by atoms with van der Waals surface area (Å²) in [5, 5.41) is 0. The Bertz CT molecular complexity index is 108. The van der Waals surface area contributed by atoms with Crippen LogP contribution in [-0.2, 0) is 4.79 Å². The highest BCUT2D eigenvalue weighted by molar-refractivity contribution is 7.99. The van der Waals surface area contributed by atoms with Gasteiger partial charge in [-0.05, 0) is 6.26 Å². The van der Waals surface area contributed by atoms with Gasteiger partial charge >= 0.3 is 0 Å². The van der Waals surface area contributed by atoms with Gasteiger partial charge in [-0.1, -0.05) is 0 Å². The molecule has 0 fully saturated rings. The molecule has 3 nitrogen and oxygen atoms in total. The Kier molecular flexibility index (Phi) is 5.43.